The molecular formula is C26H38N7O3+. The predicted molar refractivity (Wildman–Crippen MR) is 138 cm³/mol. The molecule has 2 fully saturated rings. The van der Waals surface area contributed by atoms with Crippen molar-refractivity contribution in [3.8, 4) is 5.88 Å². The molecule has 2 aromatic heterocycles. The Balaban J connectivity index is 1.05. The number of hydrogen-bond donors (Lipinski definition) is 0. The number of nitrogens with zero attached hydrogens (tertiary/aromatic N) is 7. The van der Waals surface area contributed by atoms with E-state index in [1.54, 1.807) is 7.11 Å². The maximum Gasteiger partial charge on any atom is 0.324 e. The van der Waals surface area contributed by atoms with Gasteiger partial charge in [0.1, 0.15) is 12.6 Å². The van der Waals surface area contributed by atoms with E-state index in [4.69, 9.17) is 14.0 Å². The van der Waals surface area contributed by atoms with Crippen LogP contribution in [0, 0.1) is 24.7 Å². The van der Waals surface area contributed by atoms with Crippen LogP contribution in [0.25, 0.3) is 0 Å². The van der Waals surface area contributed by atoms with Gasteiger partial charge in [-0.3, -0.25) is 4.58 Å². The first-order valence-corrected chi connectivity index (χ1v) is 13.0. The third-order valence-electron chi connectivity index (χ3n) is 7.61. The molecule has 194 valence electrons. The normalized spacial score (nSPS) is 23.4. The lowest BCUT2D eigenvalue weighted by molar-refractivity contribution is -0.478. The number of hydrogen-bond acceptors (Lipinski definition) is 9. The standard InChI is InChI=1S/C26H38N7O3/c1-17-12-22(33-16-31(4)15-18(2)29-33)14-27-25(17)35-11-8-21-13-23(21)20-6-9-32(10-7-20)26-28-24(30-36-26)19(3)34-5/h12,14,16,19-21,23H,6-11,13,15H2,1-5H3/q+1. The molecular weight excluding hydrogens is 458 g/mol. The van der Waals surface area contributed by atoms with Gasteiger partial charge >= 0.3 is 6.01 Å². The molecule has 5 rings (SSSR count). The van der Waals surface area contributed by atoms with Crippen molar-refractivity contribution in [3.63, 3.8) is 0 Å². The Morgan fingerprint density at radius 3 is 2.78 bits per heavy atom. The fourth-order valence-corrected chi connectivity index (χ4v) is 5.41. The summed E-state index contributed by atoms with van der Waals surface area (Å²) in [6.45, 7) is 9.51. The maximum absolute atomic E-state index is 6.08. The molecule has 36 heavy (non-hydrogen) atoms. The van der Waals surface area contributed by atoms with E-state index in [1.807, 2.05) is 45.4 Å². The Morgan fingerprint density at radius 2 is 2.06 bits per heavy atom. The molecule has 3 aliphatic rings. The highest BCUT2D eigenvalue weighted by atomic mass is 16.5. The quantitative estimate of drug-likeness (QED) is 0.486. The van der Waals surface area contributed by atoms with Crippen molar-refractivity contribution in [2.24, 2.45) is 22.9 Å². The van der Waals surface area contributed by atoms with Gasteiger partial charge in [-0.05, 0) is 70.3 Å². The lowest BCUT2D eigenvalue weighted by Gasteiger charge is -2.30. The molecule has 10 nitrogen and oxygen atoms in total. The van der Waals surface area contributed by atoms with E-state index in [0.717, 1.165) is 66.7 Å². The minimum Gasteiger partial charge on any atom is -0.477 e. The lowest BCUT2D eigenvalue weighted by atomic mass is 9.90. The Bertz CT molecular complexity index is 1100. The molecule has 0 aromatic carbocycles. The van der Waals surface area contributed by atoms with Crippen LogP contribution in [0.15, 0.2) is 21.9 Å². The zero-order chi connectivity index (χ0) is 25.2. The maximum atomic E-state index is 6.08. The Labute approximate surface area is 213 Å². The van der Waals surface area contributed by atoms with Crippen molar-refractivity contribution in [3.05, 3.63) is 23.7 Å². The molecule has 0 spiro atoms. The van der Waals surface area contributed by atoms with Crippen LogP contribution in [0.5, 0.6) is 5.88 Å². The predicted octanol–water partition coefficient (Wildman–Crippen LogP) is 3.67. The van der Waals surface area contributed by atoms with E-state index in [-0.39, 0.29) is 6.10 Å². The van der Waals surface area contributed by atoms with E-state index in [9.17, 15) is 0 Å². The number of aromatic nitrogens is 3. The first-order chi connectivity index (χ1) is 17.4. The zero-order valence-electron chi connectivity index (χ0n) is 22.1. The monoisotopic (exact) mass is 496 g/mol. The number of aryl methyl sites for hydroxylation is 1. The van der Waals surface area contributed by atoms with Crippen molar-refractivity contribution in [1.29, 1.82) is 0 Å². The highest BCUT2D eigenvalue weighted by molar-refractivity contribution is 5.89. The van der Waals surface area contributed by atoms with Crippen LogP contribution in [0.1, 0.15) is 57.0 Å². The highest BCUT2D eigenvalue weighted by Crippen LogP contribution is 2.50. The summed E-state index contributed by atoms with van der Waals surface area (Å²) >= 11 is 0. The number of pyridine rings is 1. The molecule has 1 aliphatic carbocycles. The topological polar surface area (TPSA) is 92.1 Å². The van der Waals surface area contributed by atoms with Crippen LogP contribution in [-0.4, -0.2) is 72.1 Å². The molecule has 2 aliphatic heterocycles. The van der Waals surface area contributed by atoms with E-state index in [1.165, 1.54) is 19.3 Å². The van der Waals surface area contributed by atoms with Gasteiger partial charge in [0, 0.05) is 25.8 Å². The van der Waals surface area contributed by atoms with Gasteiger partial charge in [-0.1, -0.05) is 10.3 Å². The minimum absolute atomic E-state index is 0.153. The summed E-state index contributed by atoms with van der Waals surface area (Å²) in [6.07, 6.45) is 8.42. The molecule has 0 amide bonds. The molecule has 3 unspecified atom stereocenters. The zero-order valence-corrected chi connectivity index (χ0v) is 22.1. The summed E-state index contributed by atoms with van der Waals surface area (Å²) in [7, 11) is 3.70. The second-order valence-corrected chi connectivity index (χ2v) is 10.5. The molecule has 1 saturated heterocycles. The van der Waals surface area contributed by atoms with Gasteiger partial charge in [0.2, 0.25) is 11.7 Å². The summed E-state index contributed by atoms with van der Waals surface area (Å²) in [6, 6.07) is 2.71. The van der Waals surface area contributed by atoms with Crippen LogP contribution in [-0.2, 0) is 4.74 Å². The van der Waals surface area contributed by atoms with Gasteiger partial charge in [-0.2, -0.15) is 4.98 Å². The molecule has 0 bridgehead atoms. The SMILES string of the molecule is COC(C)c1noc(N2CCC(C3CC3CCOc3ncc(N4C=[N+](C)CC(C)=N4)cc3C)CC2)n1. The fraction of sp³-hybridized carbons (Fsp3) is 0.654. The minimum atomic E-state index is -0.153. The molecule has 3 atom stereocenters. The van der Waals surface area contributed by atoms with Crippen molar-refractivity contribution in [2.45, 2.75) is 52.6 Å². The van der Waals surface area contributed by atoms with Crippen molar-refractivity contribution >= 4 is 23.8 Å². The van der Waals surface area contributed by atoms with Gasteiger partial charge in [0.05, 0.1) is 25.6 Å². The lowest BCUT2D eigenvalue weighted by Crippen LogP contribution is -2.34. The van der Waals surface area contributed by atoms with Gasteiger partial charge < -0.3 is 18.9 Å². The van der Waals surface area contributed by atoms with E-state index >= 15 is 0 Å². The summed E-state index contributed by atoms with van der Waals surface area (Å²) < 4.78 is 18.9. The number of anilines is 2. The molecule has 4 heterocycles. The highest BCUT2D eigenvalue weighted by Gasteiger charge is 2.43. The molecule has 0 N–H and O–H groups in total. The van der Waals surface area contributed by atoms with Crippen molar-refractivity contribution in [1.82, 2.24) is 15.1 Å². The smallest absolute Gasteiger partial charge is 0.324 e. The van der Waals surface area contributed by atoms with Crippen LogP contribution in [0.3, 0.4) is 0 Å². The number of methoxy groups -OCH3 is 1. The summed E-state index contributed by atoms with van der Waals surface area (Å²) in [5, 5.41) is 10.5. The Hall–Kier alpha value is -3.01. The second kappa shape index (κ2) is 10.5. The Kier molecular flexibility index (Phi) is 7.22. The van der Waals surface area contributed by atoms with E-state index in [0.29, 0.717) is 18.4 Å². The number of ether oxygens (including phenoxy) is 2. The van der Waals surface area contributed by atoms with Gasteiger partial charge in [0.15, 0.2) is 5.69 Å². The van der Waals surface area contributed by atoms with Gasteiger partial charge in [-0.25, -0.2) is 4.98 Å². The van der Waals surface area contributed by atoms with E-state index < -0.39 is 0 Å². The third kappa shape index (κ3) is 5.53. The Morgan fingerprint density at radius 1 is 1.25 bits per heavy atom. The van der Waals surface area contributed by atoms with Crippen molar-refractivity contribution < 1.29 is 18.6 Å². The number of piperidine rings is 1. The van der Waals surface area contributed by atoms with Crippen LogP contribution in [0.2, 0.25) is 0 Å². The summed E-state index contributed by atoms with van der Waals surface area (Å²) in [4.78, 5) is 11.3. The van der Waals surface area contributed by atoms with E-state index in [2.05, 4.69) is 35.8 Å². The van der Waals surface area contributed by atoms with Gasteiger partial charge in [0.25, 0.3) is 6.34 Å². The molecule has 10 heteroatoms. The summed E-state index contributed by atoms with van der Waals surface area (Å²) in [5.41, 5.74) is 3.05. The molecule has 0 radical (unpaired) electrons. The van der Waals surface area contributed by atoms with Gasteiger partial charge in [-0.15, -0.1) is 5.01 Å². The molecule has 2 aromatic rings. The molecule has 1 saturated carbocycles. The van der Waals surface area contributed by atoms with Crippen LogP contribution in [0.4, 0.5) is 11.7 Å². The second-order valence-electron chi connectivity index (χ2n) is 10.5. The largest absolute Gasteiger partial charge is 0.477 e. The first-order valence-electron chi connectivity index (χ1n) is 13.0. The first kappa shape index (κ1) is 24.7. The number of hydrazone groups is 1. The average Bonchev–Trinajstić information content (AvgIpc) is 3.47. The van der Waals surface area contributed by atoms with Crippen molar-refractivity contribution in [2.75, 3.05) is 50.3 Å². The average molecular weight is 497 g/mol. The fourth-order valence-electron chi connectivity index (χ4n) is 5.41. The van der Waals surface area contributed by atoms with Crippen LogP contribution < -0.4 is 14.6 Å². The third-order valence-corrected chi connectivity index (χ3v) is 7.61. The van der Waals surface area contributed by atoms with Crippen LogP contribution >= 0.6 is 0 Å². The summed E-state index contributed by atoms with van der Waals surface area (Å²) in [5.74, 6) is 3.67. The number of rotatable bonds is 9.